The van der Waals surface area contributed by atoms with E-state index in [0.29, 0.717) is 17.0 Å². The van der Waals surface area contributed by atoms with Gasteiger partial charge in [0, 0.05) is 17.3 Å². The number of nitrogens with two attached hydrogens (primary N) is 1. The van der Waals surface area contributed by atoms with Crippen LogP contribution in [0.2, 0.25) is 0 Å². The Bertz CT molecular complexity index is 1060. The van der Waals surface area contributed by atoms with Crippen LogP contribution in [-0.4, -0.2) is 31.3 Å². The summed E-state index contributed by atoms with van der Waals surface area (Å²) in [5.41, 5.74) is 1.18. The summed E-state index contributed by atoms with van der Waals surface area (Å²) in [5, 5.41) is 20.8. The van der Waals surface area contributed by atoms with E-state index >= 15 is 0 Å². The van der Waals surface area contributed by atoms with Crippen LogP contribution in [-0.2, 0) is 10.0 Å². The summed E-state index contributed by atoms with van der Waals surface area (Å²) in [6, 6.07) is 12.3. The second-order valence-corrected chi connectivity index (χ2v) is 6.95. The Morgan fingerprint density at radius 1 is 1.11 bits per heavy atom. The summed E-state index contributed by atoms with van der Waals surface area (Å²) in [6.45, 7) is 0. The van der Waals surface area contributed by atoms with Gasteiger partial charge in [0.05, 0.1) is 23.7 Å². The SMILES string of the molecule is COc1ccc(-c2nn(-c3ccc(S(N)(=O)=O)cc3)cc2C(=O)[O-])cc1.[Na+]. The van der Waals surface area contributed by atoms with Crippen molar-refractivity contribution < 1.29 is 52.6 Å². The minimum atomic E-state index is -3.81. The van der Waals surface area contributed by atoms with Crippen molar-refractivity contribution in [3.05, 3.63) is 60.3 Å². The molecule has 27 heavy (non-hydrogen) atoms. The van der Waals surface area contributed by atoms with Crippen LogP contribution in [0.5, 0.6) is 5.75 Å². The van der Waals surface area contributed by atoms with E-state index in [1.165, 1.54) is 42.3 Å². The topological polar surface area (TPSA) is 127 Å². The van der Waals surface area contributed by atoms with E-state index in [1.54, 1.807) is 24.3 Å². The third kappa shape index (κ3) is 4.57. The van der Waals surface area contributed by atoms with Crippen LogP contribution in [0.4, 0.5) is 0 Å². The number of sulfonamides is 1. The zero-order valence-electron chi connectivity index (χ0n) is 14.6. The number of carbonyl (C=O) groups excluding carboxylic acids is 1. The fraction of sp³-hybridized carbons (Fsp3) is 0.0588. The molecule has 0 amide bonds. The van der Waals surface area contributed by atoms with Gasteiger partial charge in [0.1, 0.15) is 11.4 Å². The van der Waals surface area contributed by atoms with Gasteiger partial charge in [-0.1, -0.05) is 0 Å². The molecule has 0 saturated carbocycles. The number of aromatic nitrogens is 2. The number of ether oxygens (including phenoxy) is 1. The number of rotatable bonds is 5. The van der Waals surface area contributed by atoms with Crippen LogP contribution >= 0.6 is 0 Å². The first-order valence-corrected chi connectivity index (χ1v) is 8.93. The van der Waals surface area contributed by atoms with Crippen LogP contribution < -0.4 is 44.5 Å². The summed E-state index contributed by atoms with van der Waals surface area (Å²) >= 11 is 0. The standard InChI is InChI=1S/C17H15N3O5S.Na/c1-25-13-6-2-11(3-7-13)16-15(17(21)22)10-20(19-16)12-4-8-14(9-5-12)26(18,23)24;/h2-10H,1H3,(H,21,22)(H2,18,23,24);/q;+1/p-1. The largest absolute Gasteiger partial charge is 1.00 e. The van der Waals surface area contributed by atoms with Crippen molar-refractivity contribution in [1.29, 1.82) is 0 Å². The van der Waals surface area contributed by atoms with Crippen molar-refractivity contribution in [3.8, 4) is 22.7 Å². The fourth-order valence-electron chi connectivity index (χ4n) is 2.41. The third-order valence-electron chi connectivity index (χ3n) is 3.73. The Morgan fingerprint density at radius 2 is 1.70 bits per heavy atom. The Hall–Kier alpha value is -2.17. The van der Waals surface area contributed by atoms with E-state index in [2.05, 4.69) is 5.10 Å². The number of primary sulfonamides is 1. The van der Waals surface area contributed by atoms with Gasteiger partial charge in [-0.25, -0.2) is 18.2 Å². The van der Waals surface area contributed by atoms with E-state index in [4.69, 9.17) is 9.88 Å². The molecule has 10 heteroatoms. The van der Waals surface area contributed by atoms with E-state index in [1.807, 2.05) is 0 Å². The summed E-state index contributed by atoms with van der Waals surface area (Å²) < 4.78 is 29.1. The number of methoxy groups -OCH3 is 1. The monoisotopic (exact) mass is 395 g/mol. The maximum Gasteiger partial charge on any atom is 1.00 e. The molecule has 0 radical (unpaired) electrons. The second-order valence-electron chi connectivity index (χ2n) is 5.39. The predicted octanol–water partition coefficient (Wildman–Crippen LogP) is -2.44. The molecule has 3 rings (SSSR count). The molecule has 0 aliphatic heterocycles. The normalized spacial score (nSPS) is 10.9. The van der Waals surface area contributed by atoms with E-state index in [0.717, 1.165) is 0 Å². The fourth-order valence-corrected chi connectivity index (χ4v) is 2.92. The quantitative estimate of drug-likeness (QED) is 0.478. The Balaban J connectivity index is 0.00000261. The van der Waals surface area contributed by atoms with Crippen molar-refractivity contribution in [2.24, 2.45) is 5.14 Å². The van der Waals surface area contributed by atoms with Gasteiger partial charge in [0.25, 0.3) is 0 Å². The number of nitrogens with zero attached hydrogens (tertiary/aromatic N) is 2. The van der Waals surface area contributed by atoms with Gasteiger partial charge in [-0.2, -0.15) is 5.10 Å². The number of carboxylic acid groups (broad SMARTS) is 1. The minimum absolute atomic E-state index is 0. The number of benzene rings is 2. The molecule has 134 valence electrons. The Morgan fingerprint density at radius 3 is 2.19 bits per heavy atom. The first-order valence-electron chi connectivity index (χ1n) is 7.38. The van der Waals surface area contributed by atoms with Crippen molar-refractivity contribution in [1.82, 2.24) is 9.78 Å². The molecule has 0 bridgehead atoms. The molecule has 8 nitrogen and oxygen atoms in total. The molecule has 0 spiro atoms. The molecule has 0 unspecified atom stereocenters. The molecule has 1 aromatic heterocycles. The van der Waals surface area contributed by atoms with Gasteiger partial charge in [0.15, 0.2) is 0 Å². The third-order valence-corrected chi connectivity index (χ3v) is 4.66. The molecule has 0 saturated heterocycles. The van der Waals surface area contributed by atoms with E-state index in [9.17, 15) is 18.3 Å². The molecular weight excluding hydrogens is 381 g/mol. The summed E-state index contributed by atoms with van der Waals surface area (Å²) in [5.74, 6) is -0.745. The first-order chi connectivity index (χ1) is 12.3. The molecule has 0 aliphatic carbocycles. The molecular formula is C17H14N3NaO5S. The average Bonchev–Trinajstić information content (AvgIpc) is 3.07. The van der Waals surface area contributed by atoms with Gasteiger partial charge in [-0.3, -0.25) is 0 Å². The molecule has 1 heterocycles. The molecule has 0 atom stereocenters. The number of aromatic carboxylic acids is 1. The summed E-state index contributed by atoms with van der Waals surface area (Å²) in [6.07, 6.45) is 1.31. The number of hydrogen-bond donors (Lipinski definition) is 1. The van der Waals surface area contributed by atoms with Crippen LogP contribution in [0.1, 0.15) is 10.4 Å². The van der Waals surface area contributed by atoms with Crippen LogP contribution in [0.25, 0.3) is 16.9 Å². The Labute approximate surface area is 177 Å². The van der Waals surface area contributed by atoms with Crippen molar-refractivity contribution in [3.63, 3.8) is 0 Å². The maximum atomic E-state index is 11.5. The van der Waals surface area contributed by atoms with Gasteiger partial charge < -0.3 is 14.6 Å². The number of hydrogen-bond acceptors (Lipinski definition) is 6. The predicted molar refractivity (Wildman–Crippen MR) is 91.3 cm³/mol. The van der Waals surface area contributed by atoms with Crippen molar-refractivity contribution >= 4 is 16.0 Å². The molecule has 2 N–H and O–H groups in total. The summed E-state index contributed by atoms with van der Waals surface area (Å²) in [4.78, 5) is 11.4. The smallest absolute Gasteiger partial charge is 0.545 e. The van der Waals surface area contributed by atoms with Crippen molar-refractivity contribution in [2.45, 2.75) is 4.90 Å². The maximum absolute atomic E-state index is 11.5. The molecule has 0 fully saturated rings. The number of carboxylic acids is 1. The first kappa shape index (κ1) is 21.1. The van der Waals surface area contributed by atoms with Gasteiger partial charge >= 0.3 is 29.6 Å². The molecule has 2 aromatic carbocycles. The number of carbonyl (C=O) groups is 1. The van der Waals surface area contributed by atoms with E-state index < -0.39 is 16.0 Å². The average molecular weight is 395 g/mol. The minimum Gasteiger partial charge on any atom is -0.545 e. The molecule has 3 aromatic rings. The molecule has 0 aliphatic rings. The van der Waals surface area contributed by atoms with Crippen LogP contribution in [0.15, 0.2) is 59.6 Å². The van der Waals surface area contributed by atoms with Crippen LogP contribution in [0, 0.1) is 0 Å². The van der Waals surface area contributed by atoms with Gasteiger partial charge in [-0.05, 0) is 48.5 Å². The van der Waals surface area contributed by atoms with Crippen LogP contribution in [0.3, 0.4) is 0 Å². The second kappa shape index (κ2) is 8.24. The van der Waals surface area contributed by atoms with E-state index in [-0.39, 0.29) is 45.7 Å². The Kier molecular flexibility index (Phi) is 6.45. The van der Waals surface area contributed by atoms with Crippen molar-refractivity contribution in [2.75, 3.05) is 7.11 Å². The van der Waals surface area contributed by atoms with Gasteiger partial charge in [0.2, 0.25) is 10.0 Å². The van der Waals surface area contributed by atoms with Gasteiger partial charge in [-0.15, -0.1) is 0 Å². The summed E-state index contributed by atoms with van der Waals surface area (Å²) in [7, 11) is -2.28. The zero-order chi connectivity index (χ0) is 18.9. The zero-order valence-corrected chi connectivity index (χ0v) is 17.4.